The summed E-state index contributed by atoms with van der Waals surface area (Å²) in [6.45, 7) is 5.59. The monoisotopic (exact) mass is 252 g/mol. The number of carbonyl (C=O) groups is 1. The first-order chi connectivity index (χ1) is 8.18. The number of hydrogen-bond acceptors (Lipinski definition) is 4. The van der Waals surface area contributed by atoms with Gasteiger partial charge in [-0.1, -0.05) is 0 Å². The van der Waals surface area contributed by atoms with E-state index in [0.29, 0.717) is 6.61 Å². The van der Waals surface area contributed by atoms with Crippen molar-refractivity contribution in [3.05, 3.63) is 21.9 Å². The molecule has 2 aliphatic rings. The van der Waals surface area contributed by atoms with Gasteiger partial charge in [-0.05, 0) is 25.3 Å². The van der Waals surface area contributed by atoms with E-state index in [9.17, 15) is 4.79 Å². The minimum absolute atomic E-state index is 0.0207. The normalized spacial score (nSPS) is 33.5. The number of ether oxygens (including phenoxy) is 1. The van der Waals surface area contributed by atoms with Crippen LogP contribution >= 0.6 is 11.3 Å². The molecule has 1 aromatic rings. The Morgan fingerprint density at radius 1 is 1.59 bits per heavy atom. The first kappa shape index (κ1) is 11.2. The summed E-state index contributed by atoms with van der Waals surface area (Å²) >= 11 is 1.72. The molecule has 0 radical (unpaired) electrons. The molecule has 1 aromatic heterocycles. The number of hydrogen-bond donors (Lipinski definition) is 1. The Kier molecular flexibility index (Phi) is 2.69. The smallest absolute Gasteiger partial charge is 0.241 e. The minimum atomic E-state index is -0.131. The van der Waals surface area contributed by atoms with Gasteiger partial charge in [0.1, 0.15) is 12.2 Å². The van der Waals surface area contributed by atoms with Gasteiger partial charge < -0.3 is 10.1 Å². The van der Waals surface area contributed by atoms with Crippen molar-refractivity contribution < 1.29 is 9.53 Å². The number of nitrogens with one attached hydrogen (secondary N) is 1. The molecule has 0 bridgehead atoms. The van der Waals surface area contributed by atoms with E-state index in [1.165, 1.54) is 10.4 Å². The number of morpholine rings is 1. The number of thiophene rings is 1. The van der Waals surface area contributed by atoms with Crippen LogP contribution in [0.25, 0.3) is 0 Å². The highest BCUT2D eigenvalue weighted by molar-refractivity contribution is 7.10. The van der Waals surface area contributed by atoms with Gasteiger partial charge >= 0.3 is 0 Å². The van der Waals surface area contributed by atoms with Crippen LogP contribution in [0, 0.1) is 6.92 Å². The van der Waals surface area contributed by atoms with Gasteiger partial charge in [-0.2, -0.15) is 0 Å². The zero-order valence-electron chi connectivity index (χ0n) is 9.97. The lowest BCUT2D eigenvalue weighted by atomic mass is 10.1. The van der Waals surface area contributed by atoms with Crippen LogP contribution in [0.1, 0.15) is 23.5 Å². The molecule has 2 aliphatic heterocycles. The third-order valence-electron chi connectivity index (χ3n) is 3.60. The topological polar surface area (TPSA) is 41.6 Å². The summed E-state index contributed by atoms with van der Waals surface area (Å²) in [5.74, 6) is 0.0906. The average molecular weight is 252 g/mol. The van der Waals surface area contributed by atoms with Crippen LogP contribution in [0.3, 0.4) is 0 Å². The van der Waals surface area contributed by atoms with Crippen molar-refractivity contribution in [2.45, 2.75) is 32.2 Å². The average Bonchev–Trinajstić information content (AvgIpc) is 2.84. The molecule has 3 rings (SSSR count). The van der Waals surface area contributed by atoms with Crippen LogP contribution in [-0.4, -0.2) is 36.1 Å². The van der Waals surface area contributed by atoms with Crippen LogP contribution in [0.2, 0.25) is 0 Å². The maximum Gasteiger partial charge on any atom is 0.241 e. The molecule has 5 heteroatoms. The SMILES string of the molecule is Cc1sccc1C1NC(=O)[C@@H]2[C@@H](C)OCCN12. The number of carbonyl (C=O) groups excluding carboxylic acids is 1. The van der Waals surface area contributed by atoms with E-state index in [-0.39, 0.29) is 24.2 Å². The van der Waals surface area contributed by atoms with Crippen molar-refractivity contribution in [3.63, 3.8) is 0 Å². The minimum Gasteiger partial charge on any atom is -0.375 e. The van der Waals surface area contributed by atoms with Gasteiger partial charge in [0.25, 0.3) is 0 Å². The van der Waals surface area contributed by atoms with Crippen LogP contribution in [0.15, 0.2) is 11.4 Å². The molecule has 1 unspecified atom stereocenters. The molecule has 0 spiro atoms. The zero-order valence-corrected chi connectivity index (χ0v) is 10.8. The molecule has 3 atom stereocenters. The summed E-state index contributed by atoms with van der Waals surface area (Å²) in [6, 6.07) is 1.97. The van der Waals surface area contributed by atoms with Gasteiger partial charge in [-0.25, -0.2) is 0 Å². The maximum absolute atomic E-state index is 12.0. The molecular weight excluding hydrogens is 236 g/mol. The van der Waals surface area contributed by atoms with E-state index in [4.69, 9.17) is 4.74 Å². The second kappa shape index (κ2) is 4.08. The molecule has 17 heavy (non-hydrogen) atoms. The molecule has 4 nitrogen and oxygen atoms in total. The van der Waals surface area contributed by atoms with E-state index in [0.717, 1.165) is 6.54 Å². The lowest BCUT2D eigenvalue weighted by Gasteiger charge is -2.35. The quantitative estimate of drug-likeness (QED) is 0.818. The lowest BCUT2D eigenvalue weighted by molar-refractivity contribution is -0.129. The van der Waals surface area contributed by atoms with Crippen LogP contribution in [0.4, 0.5) is 0 Å². The van der Waals surface area contributed by atoms with Gasteiger partial charge in [-0.15, -0.1) is 11.3 Å². The Bertz CT molecular complexity index is 445. The first-order valence-electron chi connectivity index (χ1n) is 5.90. The summed E-state index contributed by atoms with van der Waals surface area (Å²) in [6.07, 6.45) is 0.0118. The second-order valence-corrected chi connectivity index (χ2v) is 5.72. The Labute approximate surface area is 105 Å². The predicted molar refractivity (Wildman–Crippen MR) is 65.8 cm³/mol. The fraction of sp³-hybridized carbons (Fsp3) is 0.583. The maximum atomic E-state index is 12.0. The molecular formula is C12H16N2O2S. The second-order valence-electron chi connectivity index (χ2n) is 4.60. The molecule has 1 amide bonds. The van der Waals surface area contributed by atoms with Gasteiger partial charge in [0.15, 0.2) is 0 Å². The van der Waals surface area contributed by atoms with Crippen molar-refractivity contribution in [1.29, 1.82) is 0 Å². The summed E-state index contributed by atoms with van der Waals surface area (Å²) in [4.78, 5) is 15.5. The van der Waals surface area contributed by atoms with Crippen LogP contribution in [-0.2, 0) is 9.53 Å². The summed E-state index contributed by atoms with van der Waals surface area (Å²) < 4.78 is 5.56. The highest BCUT2D eigenvalue weighted by Gasteiger charge is 2.46. The molecule has 0 aromatic carbocycles. The number of fused-ring (bicyclic) bond motifs is 1. The van der Waals surface area contributed by atoms with E-state index in [1.807, 2.05) is 6.92 Å². The first-order valence-corrected chi connectivity index (χ1v) is 6.78. The number of amides is 1. The molecule has 0 aliphatic carbocycles. The van der Waals surface area contributed by atoms with Crippen molar-refractivity contribution in [2.75, 3.05) is 13.2 Å². The predicted octanol–water partition coefficient (Wildman–Crippen LogP) is 1.27. The third kappa shape index (κ3) is 1.69. The summed E-state index contributed by atoms with van der Waals surface area (Å²) in [5.41, 5.74) is 1.22. The fourth-order valence-corrected chi connectivity index (χ4v) is 3.47. The van der Waals surface area contributed by atoms with E-state index in [2.05, 4.69) is 28.6 Å². The highest BCUT2D eigenvalue weighted by atomic mass is 32.1. The van der Waals surface area contributed by atoms with Crippen LogP contribution < -0.4 is 5.32 Å². The van der Waals surface area contributed by atoms with Crippen LogP contribution in [0.5, 0.6) is 0 Å². The number of rotatable bonds is 1. The van der Waals surface area contributed by atoms with E-state index >= 15 is 0 Å². The Morgan fingerprint density at radius 2 is 2.41 bits per heavy atom. The standard InChI is InChI=1S/C12H16N2O2S/c1-7-10-12(15)13-11(14(10)4-5-16-7)9-3-6-17-8(9)2/h3,6-7,10-11H,4-5H2,1-2H3,(H,13,15)/t7-,10+,11?/m1/s1. The van der Waals surface area contributed by atoms with E-state index < -0.39 is 0 Å². The number of nitrogens with zero attached hydrogens (tertiary/aromatic N) is 1. The van der Waals surface area contributed by atoms with Gasteiger partial charge in [0.2, 0.25) is 5.91 Å². The highest BCUT2D eigenvalue weighted by Crippen LogP contribution is 2.33. The van der Waals surface area contributed by atoms with Crippen molar-refractivity contribution in [1.82, 2.24) is 10.2 Å². The number of aryl methyl sites for hydroxylation is 1. The zero-order chi connectivity index (χ0) is 12.0. The Hall–Kier alpha value is -0.910. The molecule has 1 N–H and O–H groups in total. The molecule has 2 fully saturated rings. The molecule has 3 heterocycles. The summed E-state index contributed by atoms with van der Waals surface area (Å²) in [5, 5.41) is 5.16. The third-order valence-corrected chi connectivity index (χ3v) is 4.47. The Balaban J connectivity index is 1.93. The van der Waals surface area contributed by atoms with Gasteiger partial charge in [0, 0.05) is 17.0 Å². The Morgan fingerprint density at radius 3 is 3.12 bits per heavy atom. The fourth-order valence-electron chi connectivity index (χ4n) is 2.74. The van der Waals surface area contributed by atoms with Crippen molar-refractivity contribution in [2.24, 2.45) is 0 Å². The van der Waals surface area contributed by atoms with Gasteiger partial charge in [0.05, 0.1) is 12.7 Å². The van der Waals surface area contributed by atoms with E-state index in [1.54, 1.807) is 11.3 Å². The molecule has 2 saturated heterocycles. The molecule has 0 saturated carbocycles. The largest absolute Gasteiger partial charge is 0.375 e. The summed E-state index contributed by atoms with van der Waals surface area (Å²) in [7, 11) is 0. The van der Waals surface area contributed by atoms with Crippen molar-refractivity contribution in [3.8, 4) is 0 Å². The molecule has 92 valence electrons. The lowest BCUT2D eigenvalue weighted by Crippen LogP contribution is -2.49. The van der Waals surface area contributed by atoms with Crippen molar-refractivity contribution >= 4 is 17.2 Å². The van der Waals surface area contributed by atoms with Gasteiger partial charge in [-0.3, -0.25) is 9.69 Å².